The van der Waals surface area contributed by atoms with Crippen LogP contribution in [0.1, 0.15) is 18.9 Å². The molecule has 0 aliphatic rings. The Labute approximate surface area is 109 Å². The highest BCUT2D eigenvalue weighted by Crippen LogP contribution is 2.23. The van der Waals surface area contributed by atoms with E-state index in [-0.39, 0.29) is 0 Å². The highest BCUT2D eigenvalue weighted by atomic mass is 79.9. The highest BCUT2D eigenvalue weighted by molar-refractivity contribution is 9.10. The highest BCUT2D eigenvalue weighted by Gasteiger charge is 2.02. The van der Waals surface area contributed by atoms with Gasteiger partial charge in [-0.15, -0.1) is 0 Å². The van der Waals surface area contributed by atoms with E-state index >= 15 is 0 Å². The molecule has 0 aliphatic carbocycles. The quantitative estimate of drug-likeness (QED) is 0.842. The zero-order valence-electron chi connectivity index (χ0n) is 8.88. The van der Waals surface area contributed by atoms with Gasteiger partial charge in [0.15, 0.2) is 5.11 Å². The van der Waals surface area contributed by atoms with Gasteiger partial charge < -0.3 is 10.6 Å². The van der Waals surface area contributed by atoms with E-state index in [0.717, 1.165) is 23.1 Å². The van der Waals surface area contributed by atoms with Gasteiger partial charge in [-0.2, -0.15) is 5.26 Å². The van der Waals surface area contributed by atoms with Crippen LogP contribution in [-0.4, -0.2) is 11.7 Å². The van der Waals surface area contributed by atoms with Gasteiger partial charge in [-0.05, 0) is 52.8 Å². The molecule has 84 valence electrons. The Bertz CT molecular complexity index is 426. The number of benzene rings is 1. The molecular formula is C11H12BrN3S. The van der Waals surface area contributed by atoms with Crippen LogP contribution >= 0.6 is 28.1 Å². The van der Waals surface area contributed by atoms with Crippen molar-refractivity contribution in [3.05, 3.63) is 28.2 Å². The fraction of sp³-hybridized carbons (Fsp3) is 0.273. The number of thiocarbonyl (C=S) groups is 1. The maximum atomic E-state index is 8.72. The Morgan fingerprint density at radius 2 is 2.31 bits per heavy atom. The van der Waals surface area contributed by atoms with Crippen LogP contribution in [0.25, 0.3) is 0 Å². The molecule has 0 aliphatic heterocycles. The van der Waals surface area contributed by atoms with Crippen molar-refractivity contribution < 1.29 is 0 Å². The van der Waals surface area contributed by atoms with Crippen molar-refractivity contribution >= 4 is 38.9 Å². The van der Waals surface area contributed by atoms with Gasteiger partial charge >= 0.3 is 0 Å². The predicted octanol–water partition coefficient (Wildman–Crippen LogP) is 3.02. The second kappa shape index (κ2) is 6.46. The van der Waals surface area contributed by atoms with E-state index in [9.17, 15) is 0 Å². The summed E-state index contributed by atoms with van der Waals surface area (Å²) in [4.78, 5) is 0. The van der Waals surface area contributed by atoms with Gasteiger partial charge in [0, 0.05) is 11.0 Å². The summed E-state index contributed by atoms with van der Waals surface area (Å²) in [7, 11) is 0. The fourth-order valence-electron chi connectivity index (χ4n) is 1.09. The van der Waals surface area contributed by atoms with Gasteiger partial charge in [-0.1, -0.05) is 6.92 Å². The summed E-state index contributed by atoms with van der Waals surface area (Å²) in [6, 6.07) is 7.40. The average molecular weight is 298 g/mol. The summed E-state index contributed by atoms with van der Waals surface area (Å²) >= 11 is 8.50. The molecule has 1 rings (SSSR count). The first-order valence-corrected chi connectivity index (χ1v) is 6.12. The maximum Gasteiger partial charge on any atom is 0.170 e. The first-order chi connectivity index (χ1) is 7.67. The van der Waals surface area contributed by atoms with E-state index in [1.165, 1.54) is 0 Å². The van der Waals surface area contributed by atoms with Crippen molar-refractivity contribution in [2.45, 2.75) is 13.3 Å². The molecule has 0 fully saturated rings. The number of nitrogens with one attached hydrogen (secondary N) is 2. The third kappa shape index (κ3) is 3.80. The van der Waals surface area contributed by atoms with Crippen molar-refractivity contribution in [1.82, 2.24) is 5.32 Å². The normalized spacial score (nSPS) is 9.31. The molecule has 0 unspecified atom stereocenters. The second-order valence-corrected chi connectivity index (χ2v) is 4.45. The Morgan fingerprint density at radius 3 is 2.88 bits per heavy atom. The summed E-state index contributed by atoms with van der Waals surface area (Å²) in [5.41, 5.74) is 1.47. The van der Waals surface area contributed by atoms with E-state index in [1.807, 2.05) is 6.07 Å². The minimum absolute atomic E-state index is 0.590. The van der Waals surface area contributed by atoms with Gasteiger partial charge in [-0.25, -0.2) is 0 Å². The number of nitrogens with zero attached hydrogens (tertiary/aromatic N) is 1. The molecule has 5 heteroatoms. The third-order valence-corrected chi connectivity index (χ3v) is 2.78. The van der Waals surface area contributed by atoms with Gasteiger partial charge in [0.05, 0.1) is 17.3 Å². The molecule has 0 amide bonds. The minimum Gasteiger partial charge on any atom is -0.362 e. The van der Waals surface area contributed by atoms with Crippen molar-refractivity contribution in [3.8, 4) is 6.07 Å². The van der Waals surface area contributed by atoms with Crippen molar-refractivity contribution in [3.63, 3.8) is 0 Å². The van der Waals surface area contributed by atoms with Crippen LogP contribution in [0.3, 0.4) is 0 Å². The van der Waals surface area contributed by atoms with Gasteiger partial charge in [0.1, 0.15) is 0 Å². The summed E-state index contributed by atoms with van der Waals surface area (Å²) in [6.45, 7) is 2.92. The fourth-order valence-corrected chi connectivity index (χ4v) is 1.78. The molecule has 0 heterocycles. The SMILES string of the molecule is CCCNC(=S)Nc1ccc(C#N)cc1Br. The lowest BCUT2D eigenvalue weighted by Crippen LogP contribution is -2.29. The standard InChI is InChI=1S/C11H12BrN3S/c1-2-5-14-11(16)15-10-4-3-8(7-13)6-9(10)12/h3-4,6H,2,5H2,1H3,(H2,14,15,16). The van der Waals surface area contributed by atoms with E-state index in [1.54, 1.807) is 12.1 Å². The first-order valence-electron chi connectivity index (χ1n) is 4.92. The maximum absolute atomic E-state index is 8.72. The van der Waals surface area contributed by atoms with Gasteiger partial charge in [-0.3, -0.25) is 0 Å². The number of anilines is 1. The van der Waals surface area contributed by atoms with E-state index < -0.39 is 0 Å². The lowest BCUT2D eigenvalue weighted by atomic mass is 10.2. The molecule has 0 aromatic heterocycles. The third-order valence-electron chi connectivity index (χ3n) is 1.88. The van der Waals surface area contributed by atoms with Crippen molar-refractivity contribution in [2.24, 2.45) is 0 Å². The van der Waals surface area contributed by atoms with Crippen LogP contribution < -0.4 is 10.6 Å². The van der Waals surface area contributed by atoms with Gasteiger partial charge in [0.25, 0.3) is 0 Å². The van der Waals surface area contributed by atoms with Crippen LogP contribution in [0, 0.1) is 11.3 Å². The Balaban J connectivity index is 2.68. The molecule has 0 atom stereocenters. The zero-order chi connectivity index (χ0) is 12.0. The Kier molecular flexibility index (Phi) is 5.23. The minimum atomic E-state index is 0.590. The molecule has 0 saturated heterocycles. The molecule has 0 saturated carbocycles. The monoisotopic (exact) mass is 297 g/mol. The summed E-state index contributed by atoms with van der Waals surface area (Å²) in [5.74, 6) is 0. The lowest BCUT2D eigenvalue weighted by Gasteiger charge is -2.11. The molecule has 3 nitrogen and oxygen atoms in total. The van der Waals surface area contributed by atoms with Crippen LogP contribution in [0.2, 0.25) is 0 Å². The molecule has 0 radical (unpaired) electrons. The average Bonchev–Trinajstić information content (AvgIpc) is 2.29. The summed E-state index contributed by atoms with van der Waals surface area (Å²) in [6.07, 6.45) is 1.02. The van der Waals surface area contributed by atoms with Crippen LogP contribution in [0.5, 0.6) is 0 Å². The molecule has 2 N–H and O–H groups in total. The molecular weight excluding hydrogens is 286 g/mol. The van der Waals surface area contributed by atoms with E-state index in [2.05, 4.69) is 39.6 Å². The van der Waals surface area contributed by atoms with Gasteiger partial charge in [0.2, 0.25) is 0 Å². The number of hydrogen-bond acceptors (Lipinski definition) is 2. The smallest absolute Gasteiger partial charge is 0.170 e. The van der Waals surface area contributed by atoms with Crippen LogP contribution in [0.4, 0.5) is 5.69 Å². The first kappa shape index (κ1) is 12.9. The van der Waals surface area contributed by atoms with E-state index in [4.69, 9.17) is 17.5 Å². The predicted molar refractivity (Wildman–Crippen MR) is 73.4 cm³/mol. The van der Waals surface area contributed by atoms with Crippen molar-refractivity contribution in [1.29, 1.82) is 5.26 Å². The van der Waals surface area contributed by atoms with E-state index in [0.29, 0.717) is 10.7 Å². The summed E-state index contributed by atoms with van der Waals surface area (Å²) < 4.78 is 0.826. The number of hydrogen-bond donors (Lipinski definition) is 2. The number of halogens is 1. The largest absolute Gasteiger partial charge is 0.362 e. The van der Waals surface area contributed by atoms with Crippen LogP contribution in [-0.2, 0) is 0 Å². The molecule has 16 heavy (non-hydrogen) atoms. The molecule has 0 spiro atoms. The molecule has 1 aromatic rings. The molecule has 1 aromatic carbocycles. The number of rotatable bonds is 3. The topological polar surface area (TPSA) is 47.8 Å². The van der Waals surface area contributed by atoms with Crippen molar-refractivity contribution in [2.75, 3.05) is 11.9 Å². The lowest BCUT2D eigenvalue weighted by molar-refractivity contribution is 0.846. The van der Waals surface area contributed by atoms with Crippen LogP contribution in [0.15, 0.2) is 22.7 Å². The molecule has 0 bridgehead atoms. The number of nitriles is 1. The second-order valence-electron chi connectivity index (χ2n) is 3.19. The Morgan fingerprint density at radius 1 is 1.56 bits per heavy atom. The summed E-state index contributed by atoms with van der Waals surface area (Å²) in [5, 5.41) is 15.4. The Hall–Kier alpha value is -1.12. The zero-order valence-corrected chi connectivity index (χ0v) is 11.3.